The molecule has 3 heterocycles. The zero-order chi connectivity index (χ0) is 42.0. The average Bonchev–Trinajstić information content (AvgIpc) is 3.75. The quantitative estimate of drug-likeness (QED) is 0.0382. The van der Waals surface area contributed by atoms with Gasteiger partial charge in [0, 0.05) is 11.6 Å². The van der Waals surface area contributed by atoms with Gasteiger partial charge in [0.1, 0.15) is 41.9 Å². The summed E-state index contributed by atoms with van der Waals surface area (Å²) in [5.41, 5.74) is 6.35. The van der Waals surface area contributed by atoms with Crippen LogP contribution in [-0.2, 0) is 40.0 Å². The fraction of sp³-hybridized carbons (Fsp3) is 0.690. The minimum Gasteiger partial charge on any atom is -0.387 e. The molecule has 324 valence electrons. The van der Waals surface area contributed by atoms with Crippen molar-refractivity contribution in [2.24, 2.45) is 0 Å². The number of anilines is 1. The maximum atomic E-state index is 13.3. The number of phosphoric ester groups is 1. The van der Waals surface area contributed by atoms with Crippen LogP contribution in [0.2, 0.25) is 5.02 Å². The summed E-state index contributed by atoms with van der Waals surface area (Å²) in [5.74, 6) is 0.219. The molecule has 3 aromatic rings. The molecule has 4 rings (SSSR count). The Hall–Kier alpha value is -2.67. The molecule has 1 aliphatic heterocycles. The SMILES string of the molecule is CCCCCCCCCCCCCCCCCCOC[C@H](COP(=O)(O)O[C@@H](C)[C@H]1O[C@@](C)(c2ccc3c(N)ncnn23)[C@H](O)[C@@H]1O)OCc1cc(C#N)ccc1Cl. The molecule has 0 bridgehead atoms. The molecular formula is C42H65ClN5O9P. The number of hydrogen-bond donors (Lipinski definition) is 4. The first-order chi connectivity index (χ1) is 27.9. The van der Waals surface area contributed by atoms with Crippen LogP contribution in [0.4, 0.5) is 5.82 Å². The lowest BCUT2D eigenvalue weighted by Gasteiger charge is -2.28. The summed E-state index contributed by atoms with van der Waals surface area (Å²) in [4.78, 5) is 14.8. The van der Waals surface area contributed by atoms with E-state index in [2.05, 4.69) is 23.1 Å². The molecule has 14 nitrogen and oxygen atoms in total. The van der Waals surface area contributed by atoms with E-state index in [0.29, 0.717) is 34.0 Å². The summed E-state index contributed by atoms with van der Waals surface area (Å²) in [5, 5.41) is 36.1. The van der Waals surface area contributed by atoms with Crippen LogP contribution < -0.4 is 5.73 Å². The van der Waals surface area contributed by atoms with Gasteiger partial charge in [-0.3, -0.25) is 9.05 Å². The van der Waals surface area contributed by atoms with Gasteiger partial charge in [0.05, 0.1) is 43.3 Å². The molecule has 5 N–H and O–H groups in total. The normalized spacial score (nSPS) is 21.6. The van der Waals surface area contributed by atoms with Crippen LogP contribution in [0.15, 0.2) is 36.7 Å². The third kappa shape index (κ3) is 14.5. The largest absolute Gasteiger partial charge is 0.472 e. The van der Waals surface area contributed by atoms with E-state index in [1.807, 2.05) is 0 Å². The van der Waals surface area contributed by atoms with Gasteiger partial charge in [-0.05, 0) is 56.2 Å². The van der Waals surface area contributed by atoms with E-state index in [1.165, 1.54) is 101 Å². The maximum absolute atomic E-state index is 13.3. The standard InChI is InChI=1S/C42H65ClN5O9P/c1-4-5-6-7-8-9-10-11-12-13-14-15-16-17-18-19-24-53-28-34(54-27-33-25-32(26-44)20-21-35(33)43)29-55-58(51,52)57-31(2)39-38(49)40(50)42(3,56-39)37-23-22-36-41(45)46-30-47-48(36)37/h20-23,25,30-31,34,38-40,49-50H,4-19,24,27-29H2,1-3H3,(H,51,52)(H2,45,46,47)/t31-,34+,38+,39+,40+,42-/m0/s1. The lowest BCUT2D eigenvalue weighted by molar-refractivity contribution is -0.108. The number of hydrogen-bond acceptors (Lipinski definition) is 12. The van der Waals surface area contributed by atoms with Gasteiger partial charge in [0.15, 0.2) is 5.82 Å². The first kappa shape index (κ1) is 48.0. The summed E-state index contributed by atoms with van der Waals surface area (Å²) in [6.07, 6.45) is 15.5. The molecule has 1 fully saturated rings. The number of phosphoric acid groups is 1. The predicted molar refractivity (Wildman–Crippen MR) is 223 cm³/mol. The Kier molecular flexibility index (Phi) is 20.3. The fourth-order valence-electron chi connectivity index (χ4n) is 7.39. The molecule has 58 heavy (non-hydrogen) atoms. The number of nitriles is 1. The van der Waals surface area contributed by atoms with Gasteiger partial charge in [0.2, 0.25) is 0 Å². The Morgan fingerprint density at radius 1 is 0.983 bits per heavy atom. The number of fused-ring (bicyclic) bond motifs is 1. The molecule has 1 aliphatic rings. The van der Waals surface area contributed by atoms with Gasteiger partial charge >= 0.3 is 7.82 Å². The second-order valence-electron chi connectivity index (χ2n) is 15.6. The molecule has 1 saturated heterocycles. The highest BCUT2D eigenvalue weighted by atomic mass is 35.5. The molecule has 1 aromatic carbocycles. The van der Waals surface area contributed by atoms with Crippen molar-refractivity contribution in [1.29, 1.82) is 5.26 Å². The molecular weight excluding hydrogens is 785 g/mol. The molecule has 0 spiro atoms. The number of halogens is 1. The van der Waals surface area contributed by atoms with Gasteiger partial charge in [0.25, 0.3) is 0 Å². The van der Waals surface area contributed by atoms with E-state index in [0.717, 1.165) is 19.3 Å². The lowest BCUT2D eigenvalue weighted by Crippen LogP contribution is -2.40. The highest BCUT2D eigenvalue weighted by Crippen LogP contribution is 2.48. The third-order valence-electron chi connectivity index (χ3n) is 10.9. The topological polar surface area (TPSA) is 204 Å². The minimum atomic E-state index is -4.76. The monoisotopic (exact) mass is 849 g/mol. The average molecular weight is 850 g/mol. The predicted octanol–water partition coefficient (Wildman–Crippen LogP) is 8.56. The number of nitrogens with two attached hydrogens (primary N) is 1. The number of nitrogen functional groups attached to an aromatic ring is 1. The molecule has 7 atom stereocenters. The van der Waals surface area contributed by atoms with Gasteiger partial charge in [-0.25, -0.2) is 14.1 Å². The number of aliphatic hydroxyl groups excluding tert-OH is 2. The van der Waals surface area contributed by atoms with Crippen LogP contribution in [0.25, 0.3) is 5.52 Å². The van der Waals surface area contributed by atoms with Crippen molar-refractivity contribution in [3.05, 3.63) is 58.5 Å². The minimum absolute atomic E-state index is 0.00133. The summed E-state index contributed by atoms with van der Waals surface area (Å²) in [7, 11) is -4.76. The Morgan fingerprint density at radius 3 is 2.22 bits per heavy atom. The van der Waals surface area contributed by atoms with Crippen LogP contribution >= 0.6 is 19.4 Å². The van der Waals surface area contributed by atoms with Crippen molar-refractivity contribution in [1.82, 2.24) is 14.6 Å². The molecule has 0 radical (unpaired) electrons. The smallest absolute Gasteiger partial charge is 0.387 e. The number of nitrogens with zero attached hydrogens (tertiary/aromatic N) is 4. The fourth-order valence-corrected chi connectivity index (χ4v) is 8.52. The molecule has 16 heteroatoms. The Balaban J connectivity index is 1.21. The van der Waals surface area contributed by atoms with Gasteiger partial charge < -0.3 is 35.1 Å². The maximum Gasteiger partial charge on any atom is 0.472 e. The molecule has 1 unspecified atom stereocenters. The van der Waals surface area contributed by atoms with Crippen LogP contribution in [0, 0.1) is 11.3 Å². The Morgan fingerprint density at radius 2 is 1.60 bits per heavy atom. The second-order valence-corrected chi connectivity index (χ2v) is 17.4. The summed E-state index contributed by atoms with van der Waals surface area (Å²) in [6.45, 7) is 5.45. The Labute approximate surface area is 348 Å². The van der Waals surface area contributed by atoms with Crippen LogP contribution in [-0.4, -0.2) is 80.0 Å². The van der Waals surface area contributed by atoms with Crippen LogP contribution in [0.3, 0.4) is 0 Å². The van der Waals surface area contributed by atoms with Gasteiger partial charge in [-0.1, -0.05) is 115 Å². The van der Waals surface area contributed by atoms with Crippen molar-refractivity contribution < 1.29 is 42.9 Å². The van der Waals surface area contributed by atoms with Crippen molar-refractivity contribution >= 4 is 30.8 Å². The number of ether oxygens (including phenoxy) is 3. The van der Waals surface area contributed by atoms with Gasteiger partial charge in [-0.15, -0.1) is 0 Å². The first-order valence-electron chi connectivity index (χ1n) is 21.1. The van der Waals surface area contributed by atoms with Crippen molar-refractivity contribution in [2.75, 3.05) is 25.6 Å². The van der Waals surface area contributed by atoms with Gasteiger partial charge in [-0.2, -0.15) is 10.4 Å². The van der Waals surface area contributed by atoms with E-state index < -0.39 is 43.9 Å². The van der Waals surface area contributed by atoms with E-state index in [-0.39, 0.29) is 25.6 Å². The van der Waals surface area contributed by atoms with E-state index in [9.17, 15) is 24.9 Å². The zero-order valence-electron chi connectivity index (χ0n) is 34.5. The van der Waals surface area contributed by atoms with Crippen molar-refractivity contribution in [3.63, 3.8) is 0 Å². The Bertz CT molecular complexity index is 1760. The first-order valence-corrected chi connectivity index (χ1v) is 22.9. The zero-order valence-corrected chi connectivity index (χ0v) is 36.1. The molecule has 0 saturated carbocycles. The number of unbranched alkanes of at least 4 members (excludes halogenated alkanes) is 15. The van der Waals surface area contributed by atoms with E-state index >= 15 is 0 Å². The number of aliphatic hydroxyl groups is 2. The van der Waals surface area contributed by atoms with Crippen molar-refractivity contribution in [3.8, 4) is 6.07 Å². The number of benzene rings is 1. The third-order valence-corrected chi connectivity index (χ3v) is 12.3. The number of aromatic nitrogens is 3. The van der Waals surface area contributed by atoms with Crippen LogP contribution in [0.1, 0.15) is 140 Å². The lowest BCUT2D eigenvalue weighted by atomic mass is 9.92. The molecule has 0 amide bonds. The van der Waals surface area contributed by atoms with Crippen LogP contribution in [0.5, 0.6) is 0 Å². The number of rotatable bonds is 29. The molecule has 0 aliphatic carbocycles. The highest BCUT2D eigenvalue weighted by Gasteiger charge is 2.56. The summed E-state index contributed by atoms with van der Waals surface area (Å²) >= 11 is 6.35. The van der Waals surface area contributed by atoms with Crippen molar-refractivity contribution in [2.45, 2.75) is 166 Å². The summed E-state index contributed by atoms with van der Waals surface area (Å²) in [6, 6.07) is 10.2. The summed E-state index contributed by atoms with van der Waals surface area (Å²) < 4.78 is 43.7. The molecule has 2 aromatic heterocycles. The highest BCUT2D eigenvalue weighted by molar-refractivity contribution is 7.47. The second kappa shape index (κ2) is 24.6. The van der Waals surface area contributed by atoms with E-state index in [4.69, 9.17) is 40.6 Å². The van der Waals surface area contributed by atoms with E-state index in [1.54, 1.807) is 37.3 Å².